The molecule has 1 saturated heterocycles. The fourth-order valence-electron chi connectivity index (χ4n) is 2.59. The fraction of sp³-hybridized carbons (Fsp3) is 0.933. The highest BCUT2D eigenvalue weighted by molar-refractivity contribution is 5.85. The lowest BCUT2D eigenvalue weighted by Gasteiger charge is -2.35. The quantitative estimate of drug-likeness (QED) is 0.299. The molecular weight excluding hydrogens is 266 g/mol. The first-order valence-electron chi connectivity index (χ1n) is 7.92. The molecule has 6 nitrogen and oxygen atoms in total. The summed E-state index contributed by atoms with van der Waals surface area (Å²) in [5, 5.41) is 11.9. The molecule has 0 bridgehead atoms. The predicted molar refractivity (Wildman–Crippen MR) is 87.9 cm³/mol. The van der Waals surface area contributed by atoms with Crippen LogP contribution in [0.2, 0.25) is 0 Å². The van der Waals surface area contributed by atoms with Gasteiger partial charge >= 0.3 is 0 Å². The van der Waals surface area contributed by atoms with Gasteiger partial charge in [-0.15, -0.1) is 0 Å². The van der Waals surface area contributed by atoms with Crippen LogP contribution in [0.4, 0.5) is 0 Å². The molecule has 1 aliphatic rings. The summed E-state index contributed by atoms with van der Waals surface area (Å²) < 4.78 is 0. The molecule has 1 fully saturated rings. The van der Waals surface area contributed by atoms with Crippen LogP contribution in [0, 0.1) is 5.41 Å². The average molecular weight is 299 g/mol. The highest BCUT2D eigenvalue weighted by Gasteiger charge is 2.24. The van der Waals surface area contributed by atoms with Crippen LogP contribution >= 0.6 is 0 Å². The van der Waals surface area contributed by atoms with Crippen LogP contribution in [0.1, 0.15) is 26.7 Å². The first-order chi connectivity index (χ1) is 9.85. The zero-order valence-corrected chi connectivity index (χ0v) is 14.2. The number of amidine groups is 1. The van der Waals surface area contributed by atoms with Crippen LogP contribution in [0.5, 0.6) is 0 Å². The standard InChI is InChI=1S/C15H33N5O/c1-15(2,14(16)17-21)6-5-7-19-10-12-20(13-11-19)9-8-18(3)4/h21H,5-13H2,1-4H3,(H2,16,17). The van der Waals surface area contributed by atoms with Gasteiger partial charge in [0.1, 0.15) is 5.84 Å². The van der Waals surface area contributed by atoms with E-state index in [1.165, 1.54) is 0 Å². The molecule has 0 aromatic rings. The van der Waals surface area contributed by atoms with Gasteiger partial charge in [0.15, 0.2) is 0 Å². The summed E-state index contributed by atoms with van der Waals surface area (Å²) >= 11 is 0. The van der Waals surface area contributed by atoms with Crippen molar-refractivity contribution < 1.29 is 5.21 Å². The first kappa shape index (κ1) is 18.2. The van der Waals surface area contributed by atoms with Crippen molar-refractivity contribution in [3.8, 4) is 0 Å². The van der Waals surface area contributed by atoms with Crippen LogP contribution in [-0.4, -0.2) is 85.7 Å². The Morgan fingerprint density at radius 1 is 1.14 bits per heavy atom. The second-order valence-corrected chi connectivity index (χ2v) is 6.96. The number of oxime groups is 1. The van der Waals surface area contributed by atoms with Crippen molar-refractivity contribution in [2.45, 2.75) is 26.7 Å². The fourth-order valence-corrected chi connectivity index (χ4v) is 2.59. The second kappa shape index (κ2) is 8.56. The van der Waals surface area contributed by atoms with Crippen LogP contribution in [-0.2, 0) is 0 Å². The van der Waals surface area contributed by atoms with E-state index in [-0.39, 0.29) is 5.41 Å². The largest absolute Gasteiger partial charge is 0.409 e. The average Bonchev–Trinajstić information content (AvgIpc) is 2.45. The maximum absolute atomic E-state index is 8.78. The molecule has 0 atom stereocenters. The summed E-state index contributed by atoms with van der Waals surface area (Å²) in [6.07, 6.45) is 2.03. The van der Waals surface area contributed by atoms with E-state index < -0.39 is 0 Å². The molecule has 0 spiro atoms. The van der Waals surface area contributed by atoms with Gasteiger partial charge < -0.3 is 20.7 Å². The number of rotatable bonds is 8. The van der Waals surface area contributed by atoms with E-state index in [9.17, 15) is 0 Å². The Hall–Kier alpha value is -0.850. The molecule has 0 saturated carbocycles. The summed E-state index contributed by atoms with van der Waals surface area (Å²) in [5.41, 5.74) is 5.50. The van der Waals surface area contributed by atoms with Gasteiger partial charge in [-0.1, -0.05) is 19.0 Å². The van der Waals surface area contributed by atoms with Crippen LogP contribution in [0.15, 0.2) is 5.16 Å². The molecule has 124 valence electrons. The highest BCUT2D eigenvalue weighted by atomic mass is 16.4. The Bertz CT molecular complexity index is 322. The Morgan fingerprint density at radius 2 is 1.67 bits per heavy atom. The highest BCUT2D eigenvalue weighted by Crippen LogP contribution is 2.22. The third-order valence-corrected chi connectivity index (χ3v) is 4.41. The van der Waals surface area contributed by atoms with Crippen LogP contribution in [0.3, 0.4) is 0 Å². The Morgan fingerprint density at radius 3 is 2.14 bits per heavy atom. The van der Waals surface area contributed by atoms with E-state index in [1.807, 2.05) is 13.8 Å². The Kier molecular flexibility index (Phi) is 7.42. The third kappa shape index (κ3) is 6.63. The molecule has 21 heavy (non-hydrogen) atoms. The smallest absolute Gasteiger partial charge is 0.144 e. The van der Waals surface area contributed by atoms with E-state index >= 15 is 0 Å². The van der Waals surface area contributed by atoms with Crippen molar-refractivity contribution in [2.75, 3.05) is 59.9 Å². The molecule has 0 aliphatic carbocycles. The molecule has 0 aromatic heterocycles. The van der Waals surface area contributed by atoms with Crippen molar-refractivity contribution in [1.82, 2.24) is 14.7 Å². The van der Waals surface area contributed by atoms with E-state index in [1.54, 1.807) is 0 Å². The summed E-state index contributed by atoms with van der Waals surface area (Å²) in [6.45, 7) is 12.1. The molecule has 3 N–H and O–H groups in total. The van der Waals surface area contributed by atoms with Crippen molar-refractivity contribution in [1.29, 1.82) is 0 Å². The normalized spacial score (nSPS) is 19.4. The molecule has 0 unspecified atom stereocenters. The second-order valence-electron chi connectivity index (χ2n) is 6.96. The lowest BCUT2D eigenvalue weighted by atomic mass is 9.86. The molecule has 1 aliphatic heterocycles. The van der Waals surface area contributed by atoms with Gasteiger partial charge in [0.2, 0.25) is 0 Å². The number of piperazine rings is 1. The van der Waals surface area contributed by atoms with Gasteiger partial charge in [-0.2, -0.15) is 0 Å². The number of hydrogen-bond donors (Lipinski definition) is 2. The van der Waals surface area contributed by atoms with Crippen molar-refractivity contribution in [3.05, 3.63) is 0 Å². The van der Waals surface area contributed by atoms with E-state index in [2.05, 4.69) is 34.0 Å². The summed E-state index contributed by atoms with van der Waals surface area (Å²) in [4.78, 5) is 7.30. The summed E-state index contributed by atoms with van der Waals surface area (Å²) in [6, 6.07) is 0. The van der Waals surface area contributed by atoms with E-state index in [0.717, 1.165) is 58.7 Å². The molecular formula is C15H33N5O. The van der Waals surface area contributed by atoms with Crippen LogP contribution in [0.25, 0.3) is 0 Å². The van der Waals surface area contributed by atoms with Crippen molar-refractivity contribution >= 4 is 5.84 Å². The number of likely N-dealkylation sites (N-methyl/N-ethyl adjacent to an activating group) is 1. The summed E-state index contributed by atoms with van der Waals surface area (Å²) in [5.74, 6) is 0.330. The minimum Gasteiger partial charge on any atom is -0.409 e. The number of nitrogens with two attached hydrogens (primary N) is 1. The Balaban J connectivity index is 2.19. The number of nitrogens with zero attached hydrogens (tertiary/aromatic N) is 4. The van der Waals surface area contributed by atoms with Gasteiger partial charge in [-0.05, 0) is 33.5 Å². The molecule has 0 radical (unpaired) electrons. The zero-order chi connectivity index (χ0) is 15.9. The minimum absolute atomic E-state index is 0.220. The lowest BCUT2D eigenvalue weighted by Crippen LogP contribution is -2.48. The lowest BCUT2D eigenvalue weighted by molar-refractivity contribution is 0.122. The van der Waals surface area contributed by atoms with Gasteiger partial charge in [0.25, 0.3) is 0 Å². The molecule has 1 rings (SSSR count). The Labute approximate surface area is 129 Å². The maximum atomic E-state index is 8.78. The zero-order valence-electron chi connectivity index (χ0n) is 14.2. The van der Waals surface area contributed by atoms with Crippen molar-refractivity contribution in [2.24, 2.45) is 16.3 Å². The van der Waals surface area contributed by atoms with Gasteiger partial charge in [-0.3, -0.25) is 4.90 Å². The summed E-state index contributed by atoms with van der Waals surface area (Å²) in [7, 11) is 4.25. The van der Waals surface area contributed by atoms with Crippen molar-refractivity contribution in [3.63, 3.8) is 0 Å². The maximum Gasteiger partial charge on any atom is 0.144 e. The first-order valence-corrected chi connectivity index (χ1v) is 7.92. The monoisotopic (exact) mass is 299 g/mol. The minimum atomic E-state index is -0.220. The van der Waals surface area contributed by atoms with Gasteiger partial charge in [0.05, 0.1) is 0 Å². The molecule has 0 amide bonds. The SMILES string of the molecule is CN(C)CCN1CCN(CCCC(C)(C)C(N)=NO)CC1. The molecule has 1 heterocycles. The molecule has 0 aromatic carbocycles. The van der Waals surface area contributed by atoms with Crippen LogP contribution < -0.4 is 5.73 Å². The van der Waals surface area contributed by atoms with Gasteiger partial charge in [-0.25, -0.2) is 0 Å². The predicted octanol–water partition coefficient (Wildman–Crippen LogP) is 0.718. The topological polar surface area (TPSA) is 68.3 Å². The van der Waals surface area contributed by atoms with E-state index in [0.29, 0.717) is 5.84 Å². The number of hydrogen-bond acceptors (Lipinski definition) is 5. The molecule has 6 heteroatoms. The van der Waals surface area contributed by atoms with Gasteiger partial charge in [0, 0.05) is 44.7 Å². The third-order valence-electron chi connectivity index (χ3n) is 4.41. The van der Waals surface area contributed by atoms with E-state index in [4.69, 9.17) is 10.9 Å².